The third-order valence-corrected chi connectivity index (χ3v) is 7.83. The lowest BCUT2D eigenvalue weighted by atomic mass is 9.90. The lowest BCUT2D eigenvalue weighted by molar-refractivity contribution is -0.130. The highest BCUT2D eigenvalue weighted by molar-refractivity contribution is 7.99. The van der Waals surface area contributed by atoms with Crippen LogP contribution in [0.2, 0.25) is 0 Å². The van der Waals surface area contributed by atoms with E-state index in [1.54, 1.807) is 6.20 Å². The van der Waals surface area contributed by atoms with E-state index in [1.165, 1.54) is 17.3 Å². The van der Waals surface area contributed by atoms with Crippen LogP contribution in [-0.2, 0) is 16.0 Å². The van der Waals surface area contributed by atoms with Gasteiger partial charge in [-0.15, -0.1) is 0 Å². The monoisotopic (exact) mass is 463 g/mol. The molecule has 8 heteroatoms. The number of amides is 2. The number of piperidine rings is 1. The fourth-order valence-electron chi connectivity index (χ4n) is 4.85. The van der Waals surface area contributed by atoms with E-state index in [0.717, 1.165) is 60.7 Å². The molecule has 0 unspecified atom stereocenters. The number of benzene rings is 1. The highest BCUT2D eigenvalue weighted by Gasteiger charge is 2.58. The van der Waals surface area contributed by atoms with E-state index in [9.17, 15) is 9.59 Å². The number of carbonyl (C=O) groups is 2. The van der Waals surface area contributed by atoms with E-state index in [0.29, 0.717) is 12.3 Å². The molecule has 1 saturated carbocycles. The van der Waals surface area contributed by atoms with Crippen molar-refractivity contribution in [2.75, 3.05) is 25.4 Å². The second-order valence-corrected chi connectivity index (χ2v) is 10.2. The van der Waals surface area contributed by atoms with Gasteiger partial charge in [0.05, 0.1) is 16.8 Å². The largest absolute Gasteiger partial charge is 0.355 e. The molecular weight excluding hydrogens is 434 g/mol. The highest BCUT2D eigenvalue weighted by atomic mass is 32.2. The number of nitrogens with one attached hydrogen (secondary N) is 2. The normalized spacial score (nSPS) is 19.1. The molecule has 1 atom stereocenters. The Morgan fingerprint density at radius 2 is 2.09 bits per heavy atom. The summed E-state index contributed by atoms with van der Waals surface area (Å²) in [6.45, 7) is 4.13. The minimum atomic E-state index is 0.0897. The molecule has 3 aromatic rings. The van der Waals surface area contributed by atoms with Gasteiger partial charge in [0, 0.05) is 43.9 Å². The van der Waals surface area contributed by atoms with Crippen molar-refractivity contribution in [3.63, 3.8) is 0 Å². The average Bonchev–Trinajstić information content (AvgIpc) is 3.37. The van der Waals surface area contributed by atoms with Crippen molar-refractivity contribution in [3.8, 4) is 0 Å². The third kappa shape index (κ3) is 4.90. The second-order valence-electron chi connectivity index (χ2n) is 9.21. The van der Waals surface area contributed by atoms with Crippen LogP contribution < -0.4 is 5.32 Å². The van der Waals surface area contributed by atoms with E-state index in [-0.39, 0.29) is 23.1 Å². The average molecular weight is 464 g/mol. The summed E-state index contributed by atoms with van der Waals surface area (Å²) in [5.74, 6) is 0.764. The Bertz CT molecular complexity index is 1150. The van der Waals surface area contributed by atoms with Crippen molar-refractivity contribution in [2.24, 2.45) is 11.3 Å². The first-order valence-corrected chi connectivity index (χ1v) is 12.6. The van der Waals surface area contributed by atoms with Crippen LogP contribution in [0.5, 0.6) is 0 Å². The molecule has 7 nitrogen and oxygen atoms in total. The van der Waals surface area contributed by atoms with Crippen molar-refractivity contribution < 1.29 is 9.59 Å². The van der Waals surface area contributed by atoms with Crippen LogP contribution in [0.25, 0.3) is 11.0 Å². The number of aryl methyl sites for hydroxylation is 1. The Kier molecular flexibility index (Phi) is 6.10. The van der Waals surface area contributed by atoms with Crippen LogP contribution in [0.1, 0.15) is 30.5 Å². The summed E-state index contributed by atoms with van der Waals surface area (Å²) in [5, 5.41) is 3.86. The van der Waals surface area contributed by atoms with Crippen molar-refractivity contribution in [2.45, 2.75) is 37.8 Å². The van der Waals surface area contributed by atoms with E-state index in [2.05, 4.69) is 33.3 Å². The van der Waals surface area contributed by atoms with Gasteiger partial charge >= 0.3 is 0 Å². The van der Waals surface area contributed by atoms with Crippen molar-refractivity contribution >= 4 is 34.6 Å². The molecule has 2 amide bonds. The summed E-state index contributed by atoms with van der Waals surface area (Å²) >= 11 is 1.45. The maximum atomic E-state index is 12.7. The molecule has 1 spiro atoms. The zero-order chi connectivity index (χ0) is 22.8. The molecule has 33 heavy (non-hydrogen) atoms. The SMILES string of the molecule is Cc1ccc2nc(SCC(=O)N3CCC4(CC3)C[C@@H]4C(=O)NCCc3ccccn3)[nH]c2c1. The van der Waals surface area contributed by atoms with Gasteiger partial charge in [0.2, 0.25) is 11.8 Å². The molecule has 2 fully saturated rings. The number of rotatable bonds is 7. The number of thioether (sulfide) groups is 1. The van der Waals surface area contributed by atoms with Crippen LogP contribution in [-0.4, -0.2) is 57.1 Å². The minimum Gasteiger partial charge on any atom is -0.355 e. The number of nitrogens with zero attached hydrogens (tertiary/aromatic N) is 3. The Morgan fingerprint density at radius 3 is 2.88 bits per heavy atom. The Labute approximate surface area is 197 Å². The van der Waals surface area contributed by atoms with Gasteiger partial charge in [-0.05, 0) is 61.4 Å². The Morgan fingerprint density at radius 1 is 1.24 bits per heavy atom. The first-order chi connectivity index (χ1) is 16.0. The van der Waals surface area contributed by atoms with E-state index in [1.807, 2.05) is 35.2 Å². The number of imidazole rings is 1. The summed E-state index contributed by atoms with van der Waals surface area (Å²) in [6, 6.07) is 11.9. The summed E-state index contributed by atoms with van der Waals surface area (Å²) in [7, 11) is 0. The maximum absolute atomic E-state index is 12.7. The predicted molar refractivity (Wildman–Crippen MR) is 129 cm³/mol. The third-order valence-electron chi connectivity index (χ3n) is 6.97. The number of aromatic amines is 1. The molecule has 2 aliphatic rings. The minimum absolute atomic E-state index is 0.0897. The van der Waals surface area contributed by atoms with Gasteiger partial charge in [-0.2, -0.15) is 0 Å². The van der Waals surface area contributed by atoms with Gasteiger partial charge in [0.25, 0.3) is 0 Å². The number of aromatic nitrogens is 3. The fourth-order valence-corrected chi connectivity index (χ4v) is 5.63. The van der Waals surface area contributed by atoms with Gasteiger partial charge in [-0.3, -0.25) is 14.6 Å². The molecule has 5 rings (SSSR count). The molecule has 2 N–H and O–H groups in total. The highest BCUT2D eigenvalue weighted by Crippen LogP contribution is 2.59. The lowest BCUT2D eigenvalue weighted by Crippen LogP contribution is -2.41. The molecule has 1 aliphatic heterocycles. The van der Waals surface area contributed by atoms with Crippen molar-refractivity contribution in [3.05, 3.63) is 53.9 Å². The summed E-state index contributed by atoms with van der Waals surface area (Å²) in [4.78, 5) is 39.5. The van der Waals surface area contributed by atoms with Gasteiger partial charge in [-0.1, -0.05) is 23.9 Å². The molecule has 1 aromatic carbocycles. The number of hydrogen-bond acceptors (Lipinski definition) is 5. The predicted octanol–water partition coefficient (Wildman–Crippen LogP) is 3.35. The second kappa shape index (κ2) is 9.17. The summed E-state index contributed by atoms with van der Waals surface area (Å²) in [5.41, 5.74) is 4.19. The number of carbonyl (C=O) groups excluding carboxylic acids is 2. The van der Waals surface area contributed by atoms with E-state index < -0.39 is 0 Å². The molecule has 0 radical (unpaired) electrons. The van der Waals surface area contributed by atoms with Crippen LogP contribution in [0.3, 0.4) is 0 Å². The molecule has 2 aromatic heterocycles. The maximum Gasteiger partial charge on any atom is 0.233 e. The van der Waals surface area contributed by atoms with E-state index >= 15 is 0 Å². The number of fused-ring (bicyclic) bond motifs is 1. The zero-order valence-electron chi connectivity index (χ0n) is 18.8. The number of likely N-dealkylation sites (tertiary alicyclic amines) is 1. The van der Waals surface area contributed by atoms with Crippen LogP contribution >= 0.6 is 11.8 Å². The molecule has 172 valence electrons. The van der Waals surface area contributed by atoms with E-state index in [4.69, 9.17) is 0 Å². The first-order valence-electron chi connectivity index (χ1n) is 11.6. The van der Waals surface area contributed by atoms with Crippen molar-refractivity contribution in [1.82, 2.24) is 25.2 Å². The molecule has 1 aliphatic carbocycles. The number of hydrogen-bond donors (Lipinski definition) is 2. The zero-order valence-corrected chi connectivity index (χ0v) is 19.7. The Balaban J connectivity index is 1.05. The van der Waals surface area contributed by atoms with Crippen molar-refractivity contribution in [1.29, 1.82) is 0 Å². The molecular formula is C25H29N5O2S. The molecule has 0 bridgehead atoms. The lowest BCUT2D eigenvalue weighted by Gasteiger charge is -2.32. The number of pyridine rings is 1. The quantitative estimate of drug-likeness (QED) is 0.525. The summed E-state index contributed by atoms with van der Waals surface area (Å²) in [6.07, 6.45) is 5.28. The van der Waals surface area contributed by atoms with Gasteiger partial charge in [0.1, 0.15) is 0 Å². The van der Waals surface area contributed by atoms with Crippen LogP contribution in [0.15, 0.2) is 47.8 Å². The standard InChI is InChI=1S/C25H29N5O2S/c1-17-5-6-20-21(14-17)29-24(28-20)33-16-22(31)30-12-8-25(9-13-30)15-19(25)23(32)27-11-7-18-4-2-3-10-26-18/h2-6,10,14,19H,7-9,11-13,15-16H2,1H3,(H,27,32)(H,28,29)/t19-/m1/s1. The molecule has 1 saturated heterocycles. The smallest absolute Gasteiger partial charge is 0.233 e. The van der Waals surface area contributed by atoms with Gasteiger partial charge in [-0.25, -0.2) is 4.98 Å². The Hall–Kier alpha value is -2.87. The number of H-pyrrole nitrogens is 1. The van der Waals surface area contributed by atoms with Gasteiger partial charge in [0.15, 0.2) is 5.16 Å². The van der Waals surface area contributed by atoms with Crippen LogP contribution in [0.4, 0.5) is 0 Å². The first kappa shape index (κ1) is 21.9. The van der Waals surface area contributed by atoms with Crippen LogP contribution in [0, 0.1) is 18.3 Å². The fraction of sp³-hybridized carbons (Fsp3) is 0.440. The topological polar surface area (TPSA) is 91.0 Å². The van der Waals surface area contributed by atoms with Gasteiger partial charge < -0.3 is 15.2 Å². The molecule has 3 heterocycles. The summed E-state index contributed by atoms with van der Waals surface area (Å²) < 4.78 is 0.